The smallest absolute Gasteiger partial charge is 0.277 e. The fourth-order valence-corrected chi connectivity index (χ4v) is 4.65. The predicted octanol–water partition coefficient (Wildman–Crippen LogP) is 5.67. The van der Waals surface area contributed by atoms with Crippen LogP contribution >= 0.6 is 46.3 Å². The van der Waals surface area contributed by atoms with Gasteiger partial charge in [0.15, 0.2) is 0 Å². The normalized spacial score (nSPS) is 11.1. The molecule has 2 aromatic heterocycles. The number of benzene rings is 2. The molecule has 5 nitrogen and oxygen atoms in total. The molecule has 0 spiro atoms. The van der Waals surface area contributed by atoms with E-state index in [-0.39, 0.29) is 11.7 Å². The minimum Gasteiger partial charge on any atom is -0.410 e. The fraction of sp³-hybridized carbons (Fsp3) is 0.105. The first-order chi connectivity index (χ1) is 13.6. The molecule has 0 atom stereocenters. The Labute approximate surface area is 179 Å². The summed E-state index contributed by atoms with van der Waals surface area (Å²) >= 11 is 15.0. The molecule has 1 N–H and O–H groups in total. The van der Waals surface area contributed by atoms with E-state index in [1.165, 1.54) is 23.1 Å². The van der Waals surface area contributed by atoms with Crippen LogP contribution in [0.1, 0.15) is 5.56 Å². The highest BCUT2D eigenvalue weighted by Gasteiger charge is 2.18. The van der Waals surface area contributed by atoms with Crippen molar-refractivity contribution in [3.63, 3.8) is 0 Å². The van der Waals surface area contributed by atoms with E-state index in [1.807, 2.05) is 36.4 Å². The van der Waals surface area contributed by atoms with Crippen molar-refractivity contribution in [2.24, 2.45) is 0 Å². The van der Waals surface area contributed by atoms with Crippen molar-refractivity contribution in [2.75, 3.05) is 5.75 Å². The number of amides is 1. The van der Waals surface area contributed by atoms with Crippen LogP contribution in [0.25, 0.3) is 20.9 Å². The zero-order chi connectivity index (χ0) is 19.5. The van der Waals surface area contributed by atoms with Crippen LogP contribution in [-0.2, 0) is 11.3 Å². The number of nitrogens with one attached hydrogen (secondary N) is 1. The van der Waals surface area contributed by atoms with Crippen LogP contribution < -0.4 is 5.32 Å². The number of hydrogen-bond donors (Lipinski definition) is 1. The van der Waals surface area contributed by atoms with E-state index in [0.717, 1.165) is 20.5 Å². The molecule has 28 heavy (non-hydrogen) atoms. The van der Waals surface area contributed by atoms with Crippen molar-refractivity contribution < 1.29 is 9.21 Å². The maximum atomic E-state index is 12.0. The monoisotopic (exact) mass is 449 g/mol. The topological polar surface area (TPSA) is 68.0 Å². The van der Waals surface area contributed by atoms with Gasteiger partial charge < -0.3 is 9.73 Å². The minimum atomic E-state index is -0.125. The Hall–Kier alpha value is -2.06. The molecule has 4 aromatic rings. The molecule has 1 amide bonds. The van der Waals surface area contributed by atoms with Crippen LogP contribution in [0.2, 0.25) is 10.0 Å². The second-order valence-corrected chi connectivity index (χ2v) is 8.60. The molecule has 0 saturated carbocycles. The molecule has 2 heterocycles. The molecule has 9 heteroatoms. The van der Waals surface area contributed by atoms with Gasteiger partial charge in [-0.25, -0.2) is 0 Å². The van der Waals surface area contributed by atoms with Crippen LogP contribution in [0.4, 0.5) is 0 Å². The number of halogens is 2. The van der Waals surface area contributed by atoms with E-state index in [2.05, 4.69) is 15.5 Å². The summed E-state index contributed by atoms with van der Waals surface area (Å²) in [7, 11) is 0. The summed E-state index contributed by atoms with van der Waals surface area (Å²) in [5.74, 6) is 0.407. The van der Waals surface area contributed by atoms with Gasteiger partial charge >= 0.3 is 0 Å². The van der Waals surface area contributed by atoms with Crippen LogP contribution in [0.15, 0.2) is 58.2 Å². The second-order valence-electron chi connectivity index (χ2n) is 5.81. The van der Waals surface area contributed by atoms with Gasteiger partial charge in [0.1, 0.15) is 4.88 Å². The zero-order valence-electron chi connectivity index (χ0n) is 14.3. The van der Waals surface area contributed by atoms with Gasteiger partial charge in [-0.2, -0.15) is 0 Å². The Morgan fingerprint density at radius 2 is 1.89 bits per heavy atom. The number of thioether (sulfide) groups is 1. The third-order valence-electron chi connectivity index (χ3n) is 3.87. The van der Waals surface area contributed by atoms with Gasteiger partial charge in [-0.3, -0.25) is 4.79 Å². The maximum absolute atomic E-state index is 12.0. The van der Waals surface area contributed by atoms with Gasteiger partial charge in [0.05, 0.1) is 10.8 Å². The summed E-state index contributed by atoms with van der Waals surface area (Å²) in [4.78, 5) is 12.8. The Morgan fingerprint density at radius 1 is 1.11 bits per heavy atom. The fourth-order valence-electron chi connectivity index (χ4n) is 2.49. The number of carbonyl (C=O) groups excluding carboxylic acids is 1. The Morgan fingerprint density at radius 3 is 2.68 bits per heavy atom. The molecule has 4 rings (SSSR count). The van der Waals surface area contributed by atoms with Gasteiger partial charge in [-0.15, -0.1) is 21.5 Å². The number of nitrogens with zero attached hydrogens (tertiary/aromatic N) is 2. The lowest BCUT2D eigenvalue weighted by Gasteiger charge is -2.04. The van der Waals surface area contributed by atoms with Gasteiger partial charge in [-0.1, -0.05) is 65.3 Å². The van der Waals surface area contributed by atoms with Gasteiger partial charge in [0.2, 0.25) is 5.91 Å². The first-order valence-corrected chi connectivity index (χ1v) is 10.8. The van der Waals surface area contributed by atoms with Crippen LogP contribution in [-0.4, -0.2) is 21.9 Å². The molecule has 0 unspecified atom stereocenters. The molecule has 0 radical (unpaired) electrons. The Kier molecular flexibility index (Phi) is 5.87. The second kappa shape index (κ2) is 8.53. The van der Waals surface area contributed by atoms with Gasteiger partial charge in [-0.05, 0) is 23.8 Å². The lowest BCUT2D eigenvalue weighted by molar-refractivity contribution is -0.118. The lowest BCUT2D eigenvalue weighted by Crippen LogP contribution is -2.24. The zero-order valence-corrected chi connectivity index (χ0v) is 17.5. The average Bonchev–Trinajstić information content (AvgIpc) is 3.31. The summed E-state index contributed by atoms with van der Waals surface area (Å²) in [6, 6.07) is 15.2. The van der Waals surface area contributed by atoms with E-state index in [1.54, 1.807) is 12.1 Å². The van der Waals surface area contributed by atoms with E-state index in [9.17, 15) is 4.79 Å². The van der Waals surface area contributed by atoms with Crippen molar-refractivity contribution in [2.45, 2.75) is 11.8 Å². The van der Waals surface area contributed by atoms with Crippen molar-refractivity contribution in [3.05, 3.63) is 64.1 Å². The van der Waals surface area contributed by atoms with Crippen molar-refractivity contribution in [3.8, 4) is 10.8 Å². The van der Waals surface area contributed by atoms with Crippen molar-refractivity contribution >= 4 is 62.3 Å². The van der Waals surface area contributed by atoms with Crippen molar-refractivity contribution in [1.82, 2.24) is 15.5 Å². The highest BCUT2D eigenvalue weighted by Crippen LogP contribution is 2.41. The molecule has 0 aliphatic rings. The summed E-state index contributed by atoms with van der Waals surface area (Å²) < 4.78 is 6.73. The summed E-state index contributed by atoms with van der Waals surface area (Å²) in [5, 5.41) is 13.5. The molecule has 142 valence electrons. The van der Waals surface area contributed by atoms with Gasteiger partial charge in [0, 0.05) is 21.7 Å². The standard InChI is InChI=1S/C19H13Cl2N3O2S2/c20-12-7-5-11(6-8-12)9-22-15(25)10-27-19-24-23-18(26-19)17-16(21)13-3-1-2-4-14(13)28-17/h1-8H,9-10H2,(H,22,25). The summed E-state index contributed by atoms with van der Waals surface area (Å²) in [6.45, 7) is 0.434. The van der Waals surface area contributed by atoms with Gasteiger partial charge in [0.25, 0.3) is 11.1 Å². The summed E-state index contributed by atoms with van der Waals surface area (Å²) in [5.41, 5.74) is 0.974. The number of fused-ring (bicyclic) bond motifs is 1. The SMILES string of the molecule is O=C(CSc1nnc(-c2sc3ccccc3c2Cl)o1)NCc1ccc(Cl)cc1. The number of hydrogen-bond acceptors (Lipinski definition) is 6. The third kappa shape index (κ3) is 4.33. The van der Waals surface area contributed by atoms with E-state index >= 15 is 0 Å². The van der Waals surface area contributed by atoms with Crippen LogP contribution in [0.5, 0.6) is 0 Å². The highest BCUT2D eigenvalue weighted by atomic mass is 35.5. The number of rotatable bonds is 6. The first-order valence-electron chi connectivity index (χ1n) is 8.25. The van der Waals surface area contributed by atoms with Crippen molar-refractivity contribution in [1.29, 1.82) is 0 Å². The average molecular weight is 450 g/mol. The van der Waals surface area contributed by atoms with Crippen LogP contribution in [0.3, 0.4) is 0 Å². The number of carbonyl (C=O) groups is 1. The number of thiophene rings is 1. The third-order valence-corrected chi connectivity index (χ3v) is 6.60. The molecule has 0 aliphatic carbocycles. The highest BCUT2D eigenvalue weighted by molar-refractivity contribution is 7.99. The minimum absolute atomic E-state index is 0.125. The largest absolute Gasteiger partial charge is 0.410 e. The molecule has 0 bridgehead atoms. The maximum Gasteiger partial charge on any atom is 0.277 e. The lowest BCUT2D eigenvalue weighted by atomic mass is 10.2. The predicted molar refractivity (Wildman–Crippen MR) is 114 cm³/mol. The molecule has 0 fully saturated rings. The molecule has 0 saturated heterocycles. The van der Waals surface area contributed by atoms with E-state index in [4.69, 9.17) is 27.6 Å². The molecular formula is C19H13Cl2N3O2S2. The first kappa shape index (κ1) is 19.3. The Bertz CT molecular complexity index is 1130. The summed E-state index contributed by atoms with van der Waals surface area (Å²) in [6.07, 6.45) is 0. The Balaban J connectivity index is 1.36. The number of aromatic nitrogens is 2. The molecule has 0 aliphatic heterocycles. The van der Waals surface area contributed by atoms with E-state index < -0.39 is 0 Å². The van der Waals surface area contributed by atoms with E-state index in [0.29, 0.717) is 27.7 Å². The van der Waals surface area contributed by atoms with Crippen LogP contribution in [0, 0.1) is 0 Å². The molecule has 2 aromatic carbocycles. The quantitative estimate of drug-likeness (QED) is 0.384. The molecular weight excluding hydrogens is 437 g/mol.